The van der Waals surface area contributed by atoms with Crippen LogP contribution < -0.4 is 0 Å². The summed E-state index contributed by atoms with van der Waals surface area (Å²) in [5, 5.41) is 8.83. The molecule has 2 rings (SSSR count). The highest BCUT2D eigenvalue weighted by atomic mass is 19.4. The van der Waals surface area contributed by atoms with Gasteiger partial charge in [0.25, 0.3) is 0 Å². The Morgan fingerprint density at radius 1 is 1.38 bits per heavy atom. The van der Waals surface area contributed by atoms with E-state index in [0.29, 0.717) is 19.3 Å². The summed E-state index contributed by atoms with van der Waals surface area (Å²) in [5.41, 5.74) is -2.25. The van der Waals surface area contributed by atoms with Crippen LogP contribution in [0.15, 0.2) is 0 Å². The van der Waals surface area contributed by atoms with Crippen LogP contribution in [0.2, 0.25) is 0 Å². The Kier molecular flexibility index (Phi) is 1.86. The van der Waals surface area contributed by atoms with Gasteiger partial charge in [-0.2, -0.15) is 13.2 Å². The molecule has 1 N–H and O–H groups in total. The van der Waals surface area contributed by atoms with Gasteiger partial charge < -0.3 is 9.84 Å². The Bertz CT molecular complexity index is 216. The maximum absolute atomic E-state index is 12.6. The second kappa shape index (κ2) is 2.60. The number of hydrogen-bond donors (Lipinski definition) is 1. The molecule has 0 aromatic rings. The standard InChI is InChI=1S/C8H11F3O2/c9-8(10,11)7(4-12)5-1-2-6(3-5)13-7/h5-6,12H,1-4H2. The van der Waals surface area contributed by atoms with Crippen molar-refractivity contribution in [3.63, 3.8) is 0 Å². The summed E-state index contributed by atoms with van der Waals surface area (Å²) in [5.74, 6) is -0.539. The minimum atomic E-state index is -4.44. The highest BCUT2D eigenvalue weighted by Crippen LogP contribution is 2.53. The molecule has 13 heavy (non-hydrogen) atoms. The molecule has 0 spiro atoms. The predicted molar refractivity (Wildman–Crippen MR) is 38.1 cm³/mol. The van der Waals surface area contributed by atoms with Crippen molar-refractivity contribution >= 4 is 0 Å². The summed E-state index contributed by atoms with van der Waals surface area (Å²) >= 11 is 0. The van der Waals surface area contributed by atoms with Crippen LogP contribution in [0.25, 0.3) is 0 Å². The van der Waals surface area contributed by atoms with Crippen LogP contribution in [-0.2, 0) is 4.74 Å². The van der Waals surface area contributed by atoms with Crippen LogP contribution in [0.3, 0.4) is 0 Å². The molecule has 3 atom stereocenters. The van der Waals surface area contributed by atoms with E-state index < -0.39 is 24.3 Å². The van der Waals surface area contributed by atoms with Crippen molar-refractivity contribution in [2.24, 2.45) is 5.92 Å². The SMILES string of the molecule is OCC1(C(F)(F)F)OC2CCC1C2. The van der Waals surface area contributed by atoms with E-state index in [1.165, 1.54) is 0 Å². The highest BCUT2D eigenvalue weighted by molar-refractivity contribution is 5.04. The van der Waals surface area contributed by atoms with Gasteiger partial charge in [-0.15, -0.1) is 0 Å². The maximum Gasteiger partial charge on any atom is 0.420 e. The lowest BCUT2D eigenvalue weighted by Crippen LogP contribution is -2.54. The minimum absolute atomic E-state index is 0.293. The Balaban J connectivity index is 2.27. The highest BCUT2D eigenvalue weighted by Gasteiger charge is 2.66. The lowest BCUT2D eigenvalue weighted by Gasteiger charge is -2.37. The number of aliphatic hydroxyl groups is 1. The van der Waals surface area contributed by atoms with E-state index in [1.54, 1.807) is 0 Å². The average molecular weight is 196 g/mol. The second-order valence-electron chi connectivity index (χ2n) is 3.80. The Morgan fingerprint density at radius 2 is 2.08 bits per heavy atom. The summed E-state index contributed by atoms with van der Waals surface area (Å²) in [4.78, 5) is 0. The molecule has 2 fully saturated rings. The molecule has 2 bridgehead atoms. The Morgan fingerprint density at radius 3 is 2.31 bits per heavy atom. The summed E-state index contributed by atoms with van der Waals surface area (Å²) in [7, 11) is 0. The topological polar surface area (TPSA) is 29.5 Å². The van der Waals surface area contributed by atoms with Gasteiger partial charge in [-0.25, -0.2) is 0 Å². The van der Waals surface area contributed by atoms with Crippen molar-refractivity contribution < 1.29 is 23.0 Å². The second-order valence-corrected chi connectivity index (χ2v) is 3.80. The Labute approximate surface area is 73.7 Å². The monoisotopic (exact) mass is 196 g/mol. The normalized spacial score (nSPS) is 44.3. The molecular formula is C8H11F3O2. The molecule has 0 aromatic carbocycles. The zero-order valence-corrected chi connectivity index (χ0v) is 6.97. The fourth-order valence-corrected chi connectivity index (χ4v) is 2.42. The number of ether oxygens (including phenoxy) is 1. The molecule has 0 aromatic heterocycles. The third-order valence-corrected chi connectivity index (χ3v) is 3.14. The van der Waals surface area contributed by atoms with Gasteiger partial charge in [-0.1, -0.05) is 0 Å². The summed E-state index contributed by atoms with van der Waals surface area (Å²) < 4.78 is 42.7. The molecular weight excluding hydrogens is 185 g/mol. The van der Waals surface area contributed by atoms with Gasteiger partial charge in [-0.3, -0.25) is 0 Å². The van der Waals surface area contributed by atoms with Crippen LogP contribution >= 0.6 is 0 Å². The number of aliphatic hydroxyl groups excluding tert-OH is 1. The van der Waals surface area contributed by atoms with Gasteiger partial charge in [-0.05, 0) is 19.3 Å². The zero-order valence-electron chi connectivity index (χ0n) is 6.97. The number of rotatable bonds is 1. The molecule has 3 unspecified atom stereocenters. The third-order valence-electron chi connectivity index (χ3n) is 3.14. The van der Waals surface area contributed by atoms with E-state index in [-0.39, 0.29) is 6.10 Å². The first-order chi connectivity index (χ1) is 5.99. The zero-order chi connectivity index (χ0) is 9.69. The van der Waals surface area contributed by atoms with Gasteiger partial charge >= 0.3 is 6.18 Å². The lowest BCUT2D eigenvalue weighted by atomic mass is 9.87. The molecule has 5 heteroatoms. The van der Waals surface area contributed by atoms with Crippen LogP contribution in [0.1, 0.15) is 19.3 Å². The predicted octanol–water partition coefficient (Wildman–Crippen LogP) is 1.48. The fourth-order valence-electron chi connectivity index (χ4n) is 2.42. The minimum Gasteiger partial charge on any atom is -0.393 e. The molecule has 1 heterocycles. The first kappa shape index (κ1) is 9.27. The summed E-state index contributed by atoms with van der Waals surface area (Å²) in [6.45, 7) is -0.947. The molecule has 0 radical (unpaired) electrons. The maximum atomic E-state index is 12.6. The number of alkyl halides is 3. The van der Waals surface area contributed by atoms with E-state index in [9.17, 15) is 13.2 Å². The van der Waals surface area contributed by atoms with Crippen LogP contribution in [-0.4, -0.2) is 29.6 Å². The largest absolute Gasteiger partial charge is 0.420 e. The van der Waals surface area contributed by atoms with Crippen molar-refractivity contribution in [2.75, 3.05) is 6.61 Å². The van der Waals surface area contributed by atoms with Crippen molar-refractivity contribution in [3.8, 4) is 0 Å². The molecule has 0 amide bonds. The van der Waals surface area contributed by atoms with Crippen LogP contribution in [0.5, 0.6) is 0 Å². The van der Waals surface area contributed by atoms with E-state index in [1.807, 2.05) is 0 Å². The van der Waals surface area contributed by atoms with Crippen molar-refractivity contribution in [1.82, 2.24) is 0 Å². The fraction of sp³-hybridized carbons (Fsp3) is 1.00. The summed E-state index contributed by atoms with van der Waals surface area (Å²) in [6, 6.07) is 0. The van der Waals surface area contributed by atoms with Crippen molar-refractivity contribution in [3.05, 3.63) is 0 Å². The van der Waals surface area contributed by atoms with Crippen LogP contribution in [0.4, 0.5) is 13.2 Å². The first-order valence-corrected chi connectivity index (χ1v) is 4.35. The van der Waals surface area contributed by atoms with Gasteiger partial charge in [0.2, 0.25) is 0 Å². The Hall–Kier alpha value is -0.290. The number of halogens is 3. The van der Waals surface area contributed by atoms with Crippen molar-refractivity contribution in [1.29, 1.82) is 0 Å². The van der Waals surface area contributed by atoms with Gasteiger partial charge in [0.05, 0.1) is 12.7 Å². The lowest BCUT2D eigenvalue weighted by molar-refractivity contribution is -0.302. The molecule has 1 saturated carbocycles. The number of hydrogen-bond acceptors (Lipinski definition) is 2. The smallest absolute Gasteiger partial charge is 0.393 e. The summed E-state index contributed by atoms with van der Waals surface area (Å²) in [6.07, 6.45) is -3.08. The van der Waals surface area contributed by atoms with E-state index in [4.69, 9.17) is 9.84 Å². The van der Waals surface area contributed by atoms with Crippen molar-refractivity contribution in [2.45, 2.75) is 37.1 Å². The molecule has 1 saturated heterocycles. The average Bonchev–Trinajstić information content (AvgIpc) is 2.60. The van der Waals surface area contributed by atoms with E-state index >= 15 is 0 Å². The van der Waals surface area contributed by atoms with E-state index in [2.05, 4.69) is 0 Å². The van der Waals surface area contributed by atoms with Gasteiger partial charge in [0, 0.05) is 5.92 Å². The van der Waals surface area contributed by atoms with Gasteiger partial charge in [0.1, 0.15) is 0 Å². The van der Waals surface area contributed by atoms with Crippen LogP contribution in [0, 0.1) is 5.92 Å². The third kappa shape index (κ3) is 1.10. The molecule has 2 aliphatic rings. The first-order valence-electron chi connectivity index (χ1n) is 4.35. The van der Waals surface area contributed by atoms with Gasteiger partial charge in [0.15, 0.2) is 5.60 Å². The molecule has 1 aliphatic carbocycles. The van der Waals surface area contributed by atoms with E-state index in [0.717, 1.165) is 0 Å². The quantitative estimate of drug-likeness (QED) is 0.688. The number of fused-ring (bicyclic) bond motifs is 2. The molecule has 2 nitrogen and oxygen atoms in total. The molecule has 1 aliphatic heterocycles. The molecule has 76 valence electrons.